The van der Waals surface area contributed by atoms with Gasteiger partial charge in [0, 0.05) is 27.7 Å². The van der Waals surface area contributed by atoms with Crippen LogP contribution in [0, 0.1) is 0 Å². The Kier molecular flexibility index (Phi) is 9.82. The highest BCUT2D eigenvalue weighted by atomic mass is 16.7. The van der Waals surface area contributed by atoms with E-state index in [1.807, 2.05) is 24.3 Å². The summed E-state index contributed by atoms with van der Waals surface area (Å²) in [5.41, 5.74) is 2.61. The third kappa shape index (κ3) is 7.87. The molecular formula is C27H34O10. The van der Waals surface area contributed by atoms with Crippen LogP contribution in [0.1, 0.15) is 70.6 Å². The third-order valence-corrected chi connectivity index (χ3v) is 6.25. The molecule has 10 heteroatoms. The second-order valence-electron chi connectivity index (χ2n) is 9.28. The molecule has 37 heavy (non-hydrogen) atoms. The first kappa shape index (κ1) is 28.3. The summed E-state index contributed by atoms with van der Waals surface area (Å²) < 4.78 is 28.1. The van der Waals surface area contributed by atoms with Gasteiger partial charge in [-0.2, -0.15) is 0 Å². The molecule has 5 atom stereocenters. The predicted octanol–water partition coefficient (Wildman–Crippen LogP) is 2.80. The maximum Gasteiger partial charge on any atom is 0.303 e. The molecular weight excluding hydrogens is 484 g/mol. The van der Waals surface area contributed by atoms with Gasteiger partial charge in [0.1, 0.15) is 18.8 Å². The Morgan fingerprint density at radius 2 is 1.43 bits per heavy atom. The van der Waals surface area contributed by atoms with Gasteiger partial charge in [0.15, 0.2) is 18.3 Å². The molecule has 0 bridgehead atoms. The Bertz CT molecular complexity index is 1020. The first-order valence-corrected chi connectivity index (χ1v) is 12.3. The van der Waals surface area contributed by atoms with Gasteiger partial charge in [-0.15, -0.1) is 0 Å². The molecule has 1 saturated carbocycles. The third-order valence-electron chi connectivity index (χ3n) is 6.25. The molecule has 10 nitrogen and oxygen atoms in total. The lowest BCUT2D eigenvalue weighted by Gasteiger charge is -2.45. The zero-order valence-electron chi connectivity index (χ0n) is 21.5. The average Bonchev–Trinajstić information content (AvgIpc) is 2.81. The van der Waals surface area contributed by atoms with Gasteiger partial charge in [-0.25, -0.2) is 0 Å². The van der Waals surface area contributed by atoms with Crippen LogP contribution < -0.4 is 0 Å². The van der Waals surface area contributed by atoms with Crippen molar-refractivity contribution in [3.8, 4) is 0 Å². The molecule has 1 aromatic rings. The fraction of sp³-hybridized carbons (Fsp3) is 0.556. The molecule has 2 aliphatic rings. The summed E-state index contributed by atoms with van der Waals surface area (Å²) in [7, 11) is 0. The van der Waals surface area contributed by atoms with Gasteiger partial charge in [-0.05, 0) is 36.8 Å². The first-order valence-electron chi connectivity index (χ1n) is 12.3. The summed E-state index contributed by atoms with van der Waals surface area (Å²) in [5.74, 6) is -2.57. The maximum absolute atomic E-state index is 12.1. The van der Waals surface area contributed by atoms with Crippen molar-refractivity contribution in [2.24, 2.45) is 0 Å². The monoisotopic (exact) mass is 518 g/mol. The molecule has 0 radical (unpaired) electrons. The fourth-order valence-corrected chi connectivity index (χ4v) is 4.72. The molecule has 202 valence electrons. The Morgan fingerprint density at radius 3 is 2.03 bits per heavy atom. The SMILES string of the molecule is CC(=O)OC[C@H]1O[C@@H](c2ccccc2C=C2CCC(O)CC2)[C@H](OC(C)=O)[C@@H](OC(C)=O)[C@@H]1OC(C)=O. The van der Waals surface area contributed by atoms with Gasteiger partial charge in [-0.3, -0.25) is 19.2 Å². The Labute approximate surface area is 215 Å². The van der Waals surface area contributed by atoms with Crippen LogP contribution in [-0.2, 0) is 42.9 Å². The quantitative estimate of drug-likeness (QED) is 0.424. The molecule has 1 aliphatic heterocycles. The number of ether oxygens (including phenoxy) is 5. The van der Waals surface area contributed by atoms with Crippen LogP contribution in [0.4, 0.5) is 0 Å². The maximum atomic E-state index is 12.1. The zero-order valence-corrected chi connectivity index (χ0v) is 21.5. The summed E-state index contributed by atoms with van der Waals surface area (Å²) in [4.78, 5) is 47.7. The number of rotatable bonds is 7. The van der Waals surface area contributed by atoms with Crippen LogP contribution in [0.2, 0.25) is 0 Å². The van der Waals surface area contributed by atoms with Crippen LogP contribution in [0.3, 0.4) is 0 Å². The number of allylic oxidation sites excluding steroid dienone is 1. The number of carbonyl (C=O) groups is 4. The zero-order chi connectivity index (χ0) is 27.1. The molecule has 2 fully saturated rings. The van der Waals surface area contributed by atoms with E-state index in [1.165, 1.54) is 27.7 Å². The lowest BCUT2D eigenvalue weighted by Crippen LogP contribution is -2.59. The fourth-order valence-electron chi connectivity index (χ4n) is 4.72. The highest BCUT2D eigenvalue weighted by Crippen LogP contribution is 2.40. The van der Waals surface area contributed by atoms with E-state index in [1.54, 1.807) is 6.07 Å². The summed E-state index contributed by atoms with van der Waals surface area (Å²) >= 11 is 0. The van der Waals surface area contributed by atoms with E-state index >= 15 is 0 Å². The van der Waals surface area contributed by atoms with E-state index in [4.69, 9.17) is 23.7 Å². The number of aliphatic hydroxyl groups is 1. The topological polar surface area (TPSA) is 135 Å². The van der Waals surface area contributed by atoms with Gasteiger partial charge >= 0.3 is 23.9 Å². The van der Waals surface area contributed by atoms with Crippen molar-refractivity contribution < 1.29 is 48.0 Å². The summed E-state index contributed by atoms with van der Waals surface area (Å²) in [6, 6.07) is 7.36. The van der Waals surface area contributed by atoms with Crippen molar-refractivity contribution in [2.45, 2.75) is 90.0 Å². The van der Waals surface area contributed by atoms with Gasteiger partial charge in [-0.1, -0.05) is 35.9 Å². The minimum absolute atomic E-state index is 0.282. The molecule has 0 spiro atoms. The largest absolute Gasteiger partial charge is 0.463 e. The summed E-state index contributed by atoms with van der Waals surface area (Å²) in [6.07, 6.45) is -0.999. The lowest BCUT2D eigenvalue weighted by atomic mass is 9.86. The molecule has 1 aromatic carbocycles. The van der Waals surface area contributed by atoms with Crippen molar-refractivity contribution >= 4 is 30.0 Å². The molecule has 1 aliphatic carbocycles. The predicted molar refractivity (Wildman–Crippen MR) is 130 cm³/mol. The van der Waals surface area contributed by atoms with Crippen molar-refractivity contribution in [1.29, 1.82) is 0 Å². The van der Waals surface area contributed by atoms with Crippen molar-refractivity contribution in [1.82, 2.24) is 0 Å². The minimum atomic E-state index is -1.23. The number of esters is 4. The Hall–Kier alpha value is -3.24. The van der Waals surface area contributed by atoms with E-state index in [-0.39, 0.29) is 12.7 Å². The van der Waals surface area contributed by atoms with Crippen molar-refractivity contribution in [3.05, 3.63) is 41.0 Å². The highest BCUT2D eigenvalue weighted by molar-refractivity contribution is 5.69. The van der Waals surface area contributed by atoms with Gasteiger partial charge in [0.25, 0.3) is 0 Å². The second-order valence-corrected chi connectivity index (χ2v) is 9.28. The number of carbonyl (C=O) groups excluding carboxylic acids is 4. The number of hydrogen-bond acceptors (Lipinski definition) is 10. The number of aliphatic hydroxyl groups excluding tert-OH is 1. The average molecular weight is 519 g/mol. The molecule has 0 unspecified atom stereocenters. The van der Waals surface area contributed by atoms with E-state index < -0.39 is 54.4 Å². The van der Waals surface area contributed by atoms with E-state index in [0.29, 0.717) is 18.4 Å². The Balaban J connectivity index is 2.08. The summed E-state index contributed by atoms with van der Waals surface area (Å²) in [5, 5.41) is 9.87. The van der Waals surface area contributed by atoms with E-state index in [0.717, 1.165) is 24.0 Å². The van der Waals surface area contributed by atoms with Gasteiger partial charge in [0.2, 0.25) is 0 Å². The normalized spacial score (nSPS) is 27.5. The molecule has 1 heterocycles. The number of benzene rings is 1. The van der Waals surface area contributed by atoms with Crippen LogP contribution >= 0.6 is 0 Å². The van der Waals surface area contributed by atoms with Gasteiger partial charge in [0.05, 0.1) is 6.10 Å². The first-order chi connectivity index (χ1) is 17.5. The van der Waals surface area contributed by atoms with Crippen molar-refractivity contribution in [2.75, 3.05) is 6.61 Å². The second kappa shape index (κ2) is 12.8. The summed E-state index contributed by atoms with van der Waals surface area (Å²) in [6.45, 7) is 4.54. The Morgan fingerprint density at radius 1 is 0.865 bits per heavy atom. The minimum Gasteiger partial charge on any atom is -0.463 e. The lowest BCUT2D eigenvalue weighted by molar-refractivity contribution is -0.254. The van der Waals surface area contributed by atoms with Crippen LogP contribution in [0.25, 0.3) is 6.08 Å². The van der Waals surface area contributed by atoms with E-state index in [2.05, 4.69) is 0 Å². The molecule has 1 saturated heterocycles. The molecule has 3 rings (SSSR count). The molecule has 1 N–H and O–H groups in total. The van der Waals surface area contributed by atoms with Crippen LogP contribution in [0.15, 0.2) is 29.8 Å². The smallest absolute Gasteiger partial charge is 0.303 e. The molecule has 0 aromatic heterocycles. The van der Waals surface area contributed by atoms with Crippen LogP contribution in [0.5, 0.6) is 0 Å². The van der Waals surface area contributed by atoms with Crippen molar-refractivity contribution in [3.63, 3.8) is 0 Å². The van der Waals surface area contributed by atoms with Crippen LogP contribution in [-0.4, -0.2) is 66.1 Å². The van der Waals surface area contributed by atoms with Gasteiger partial charge < -0.3 is 28.8 Å². The standard InChI is InChI=1S/C27H34O10/c1-15(28)33-14-23-25(34-16(2)29)27(36-18(4)31)26(35-17(3)30)24(37-23)22-8-6-5-7-20(22)13-19-9-11-21(32)12-10-19/h5-8,13,21,23-27,32H,9-12,14H2,1-4H3/t21?,23-,24+,25-,26+,27+/m1/s1. The highest BCUT2D eigenvalue weighted by Gasteiger charge is 2.52. The number of hydrogen-bond donors (Lipinski definition) is 1. The molecule has 0 amide bonds. The van der Waals surface area contributed by atoms with E-state index in [9.17, 15) is 24.3 Å².